The molecule has 34 heavy (non-hydrogen) atoms. The van der Waals surface area contributed by atoms with E-state index in [9.17, 15) is 14.4 Å². The van der Waals surface area contributed by atoms with Gasteiger partial charge >= 0.3 is 11.1 Å². The molecular weight excluding hydrogens is 428 g/mol. The Kier molecular flexibility index (Phi) is 7.01. The molecule has 1 amide bonds. The summed E-state index contributed by atoms with van der Waals surface area (Å²) in [6.45, 7) is 3.91. The number of fused-ring (bicyclic) bond motifs is 1. The number of rotatable bonds is 8. The number of amides is 1. The Balaban J connectivity index is 1.55. The lowest BCUT2D eigenvalue weighted by Gasteiger charge is -2.17. The first-order valence-electron chi connectivity index (χ1n) is 11.4. The molecule has 2 heterocycles. The summed E-state index contributed by atoms with van der Waals surface area (Å²) < 4.78 is 2.59. The normalized spacial score (nSPS) is 11.9. The van der Waals surface area contributed by atoms with Gasteiger partial charge in [-0.25, -0.2) is 4.98 Å². The highest BCUT2D eigenvalue weighted by Gasteiger charge is 2.17. The van der Waals surface area contributed by atoms with E-state index in [1.165, 1.54) is 14.7 Å². The first-order chi connectivity index (χ1) is 16.4. The van der Waals surface area contributed by atoms with Crippen LogP contribution in [0.1, 0.15) is 30.0 Å². The highest BCUT2D eigenvalue weighted by molar-refractivity contribution is 5.79. The SMILES string of the molecule is Cc1ccc(Cn2c(=O)c(=O)n(CC(=O)N[C@H](C)CCc3ccccc3)c3cccnc32)cc1. The Labute approximate surface area is 197 Å². The van der Waals surface area contributed by atoms with Crippen LogP contribution in [0, 0.1) is 6.92 Å². The van der Waals surface area contributed by atoms with E-state index < -0.39 is 11.1 Å². The summed E-state index contributed by atoms with van der Waals surface area (Å²) in [6.07, 6.45) is 3.18. The molecule has 0 aliphatic rings. The second-order valence-corrected chi connectivity index (χ2v) is 8.61. The zero-order valence-corrected chi connectivity index (χ0v) is 19.4. The fourth-order valence-corrected chi connectivity index (χ4v) is 3.99. The molecule has 7 heteroatoms. The number of hydrogen-bond donors (Lipinski definition) is 1. The van der Waals surface area contributed by atoms with Gasteiger partial charge in [-0.15, -0.1) is 0 Å². The van der Waals surface area contributed by atoms with Gasteiger partial charge in [-0.1, -0.05) is 60.2 Å². The van der Waals surface area contributed by atoms with Gasteiger partial charge < -0.3 is 5.32 Å². The topological polar surface area (TPSA) is 86.0 Å². The van der Waals surface area contributed by atoms with Crippen LogP contribution in [0.15, 0.2) is 82.5 Å². The molecule has 0 spiro atoms. The average molecular weight is 457 g/mol. The number of pyridine rings is 1. The number of aromatic nitrogens is 3. The van der Waals surface area contributed by atoms with Crippen LogP contribution in [0.2, 0.25) is 0 Å². The van der Waals surface area contributed by atoms with Crippen LogP contribution in [0.4, 0.5) is 0 Å². The summed E-state index contributed by atoms with van der Waals surface area (Å²) >= 11 is 0. The second-order valence-electron chi connectivity index (χ2n) is 8.61. The van der Waals surface area contributed by atoms with Crippen molar-refractivity contribution in [2.45, 2.75) is 45.8 Å². The minimum absolute atomic E-state index is 0.0743. The van der Waals surface area contributed by atoms with Crippen molar-refractivity contribution in [2.24, 2.45) is 0 Å². The van der Waals surface area contributed by atoms with Gasteiger partial charge in [0.1, 0.15) is 6.54 Å². The van der Waals surface area contributed by atoms with Gasteiger partial charge in [0.15, 0.2) is 5.65 Å². The van der Waals surface area contributed by atoms with E-state index in [-0.39, 0.29) is 25.0 Å². The number of benzene rings is 2. The highest BCUT2D eigenvalue weighted by Crippen LogP contribution is 2.11. The lowest BCUT2D eigenvalue weighted by atomic mass is 10.1. The number of nitrogens with zero attached hydrogens (tertiary/aromatic N) is 3. The van der Waals surface area contributed by atoms with Crippen LogP contribution in [-0.4, -0.2) is 26.1 Å². The summed E-state index contributed by atoms with van der Waals surface area (Å²) in [4.78, 5) is 43.1. The smallest absolute Gasteiger partial charge is 0.318 e. The van der Waals surface area contributed by atoms with Gasteiger partial charge in [0.05, 0.1) is 12.1 Å². The molecular formula is C27H28N4O3. The molecule has 4 rings (SSSR count). The van der Waals surface area contributed by atoms with Gasteiger partial charge in [0.25, 0.3) is 0 Å². The van der Waals surface area contributed by atoms with Crippen molar-refractivity contribution in [3.63, 3.8) is 0 Å². The molecule has 0 bridgehead atoms. The van der Waals surface area contributed by atoms with Crippen molar-refractivity contribution in [2.75, 3.05) is 0 Å². The molecule has 4 aromatic rings. The van der Waals surface area contributed by atoms with Crippen LogP contribution in [0.3, 0.4) is 0 Å². The first-order valence-corrected chi connectivity index (χ1v) is 11.4. The second kappa shape index (κ2) is 10.3. The zero-order chi connectivity index (χ0) is 24.1. The largest absolute Gasteiger partial charge is 0.352 e. The predicted molar refractivity (Wildman–Crippen MR) is 133 cm³/mol. The zero-order valence-electron chi connectivity index (χ0n) is 19.4. The van der Waals surface area contributed by atoms with Gasteiger partial charge in [0, 0.05) is 12.2 Å². The molecule has 0 fully saturated rings. The number of carbonyl (C=O) groups is 1. The third-order valence-electron chi connectivity index (χ3n) is 5.87. The molecule has 0 radical (unpaired) electrons. The third-order valence-corrected chi connectivity index (χ3v) is 5.87. The monoisotopic (exact) mass is 456 g/mol. The minimum atomic E-state index is -0.736. The Bertz CT molecular complexity index is 1410. The van der Waals surface area contributed by atoms with E-state index in [1.807, 2.05) is 56.3 Å². The molecule has 174 valence electrons. The Morgan fingerprint density at radius 3 is 2.35 bits per heavy atom. The van der Waals surface area contributed by atoms with Crippen molar-refractivity contribution in [3.8, 4) is 0 Å². The number of nitrogens with one attached hydrogen (secondary N) is 1. The van der Waals surface area contributed by atoms with Crippen LogP contribution >= 0.6 is 0 Å². The standard InChI is InChI=1S/C27H28N4O3/c1-19-10-13-22(14-11-19)17-31-25-23(9-6-16-28-25)30(26(33)27(31)34)18-24(32)29-20(2)12-15-21-7-4-3-5-8-21/h3-11,13-14,16,20H,12,15,17-18H2,1-2H3,(H,29,32)/t20-/m1/s1. The molecule has 0 saturated carbocycles. The Hall–Kier alpha value is -4.00. The Morgan fingerprint density at radius 2 is 1.62 bits per heavy atom. The van der Waals surface area contributed by atoms with Crippen molar-refractivity contribution in [3.05, 3.63) is 110 Å². The van der Waals surface area contributed by atoms with Gasteiger partial charge in [-0.3, -0.25) is 23.5 Å². The highest BCUT2D eigenvalue weighted by atomic mass is 16.2. The summed E-state index contributed by atoms with van der Waals surface area (Å²) in [5, 5.41) is 2.94. The first kappa shape index (κ1) is 23.2. The Morgan fingerprint density at radius 1 is 0.912 bits per heavy atom. The van der Waals surface area contributed by atoms with Crippen LogP contribution < -0.4 is 16.4 Å². The fraction of sp³-hybridized carbons (Fsp3) is 0.259. The van der Waals surface area contributed by atoms with Crippen LogP contribution in [0.5, 0.6) is 0 Å². The van der Waals surface area contributed by atoms with Gasteiger partial charge in [-0.05, 0) is 49.9 Å². The van der Waals surface area contributed by atoms with E-state index in [0.29, 0.717) is 11.2 Å². The molecule has 1 atom stereocenters. The quantitative estimate of drug-likeness (QED) is 0.413. The minimum Gasteiger partial charge on any atom is -0.352 e. The van der Waals surface area contributed by atoms with E-state index in [4.69, 9.17) is 0 Å². The lowest BCUT2D eigenvalue weighted by Crippen LogP contribution is -2.45. The van der Waals surface area contributed by atoms with Crippen molar-refractivity contribution >= 4 is 17.1 Å². The van der Waals surface area contributed by atoms with Gasteiger partial charge in [0.2, 0.25) is 5.91 Å². The van der Waals surface area contributed by atoms with E-state index in [1.54, 1.807) is 18.3 Å². The molecule has 0 saturated heterocycles. The summed E-state index contributed by atoms with van der Waals surface area (Å²) in [5.41, 5.74) is 2.59. The molecule has 0 aliphatic carbocycles. The summed E-state index contributed by atoms with van der Waals surface area (Å²) in [7, 11) is 0. The lowest BCUT2D eigenvalue weighted by molar-refractivity contribution is -0.122. The predicted octanol–water partition coefficient (Wildman–Crippen LogP) is 3.05. The van der Waals surface area contributed by atoms with Crippen molar-refractivity contribution in [1.82, 2.24) is 19.4 Å². The maximum Gasteiger partial charge on any atom is 0.318 e. The molecule has 2 aromatic heterocycles. The van der Waals surface area contributed by atoms with E-state index in [0.717, 1.165) is 24.0 Å². The van der Waals surface area contributed by atoms with Gasteiger partial charge in [-0.2, -0.15) is 0 Å². The van der Waals surface area contributed by atoms with E-state index >= 15 is 0 Å². The molecule has 2 aromatic carbocycles. The van der Waals surface area contributed by atoms with E-state index in [2.05, 4.69) is 22.4 Å². The van der Waals surface area contributed by atoms with Crippen molar-refractivity contribution in [1.29, 1.82) is 0 Å². The maximum atomic E-state index is 13.0. The average Bonchev–Trinajstić information content (AvgIpc) is 2.85. The summed E-state index contributed by atoms with van der Waals surface area (Å²) in [6, 6.07) is 21.2. The van der Waals surface area contributed by atoms with Crippen molar-refractivity contribution < 1.29 is 4.79 Å². The number of hydrogen-bond acceptors (Lipinski definition) is 4. The molecule has 1 N–H and O–H groups in total. The molecule has 0 unspecified atom stereocenters. The van der Waals surface area contributed by atoms with Crippen LogP contribution in [-0.2, 0) is 24.3 Å². The molecule has 0 aliphatic heterocycles. The molecule has 7 nitrogen and oxygen atoms in total. The number of aryl methyl sites for hydroxylation is 2. The third kappa shape index (κ3) is 5.31. The number of carbonyl (C=O) groups excluding carboxylic acids is 1. The van der Waals surface area contributed by atoms with Crippen LogP contribution in [0.25, 0.3) is 11.2 Å². The maximum absolute atomic E-state index is 13.0. The fourth-order valence-electron chi connectivity index (χ4n) is 3.99. The summed E-state index contributed by atoms with van der Waals surface area (Å²) in [5.74, 6) is -0.316.